The second-order valence-corrected chi connectivity index (χ2v) is 6.55. The minimum atomic E-state index is -0.926. The van der Waals surface area contributed by atoms with Crippen LogP contribution in [0.4, 0.5) is 10.1 Å². The first-order valence-electron chi connectivity index (χ1n) is 8.14. The first kappa shape index (κ1) is 18.7. The summed E-state index contributed by atoms with van der Waals surface area (Å²) in [5.74, 6) is -2.47. The lowest BCUT2D eigenvalue weighted by molar-refractivity contribution is -0.508. The van der Waals surface area contributed by atoms with E-state index in [0.717, 1.165) is 17.2 Å². The largest absolute Gasteiger partial charge is 0.339 e. The number of nitrogens with two attached hydrogens (primary N) is 2. The van der Waals surface area contributed by atoms with Crippen LogP contribution in [0.1, 0.15) is 17.2 Å². The molecule has 0 fully saturated rings. The van der Waals surface area contributed by atoms with Gasteiger partial charge in [-0.15, -0.1) is 0 Å². The molecule has 140 valence electrons. The van der Waals surface area contributed by atoms with E-state index in [2.05, 4.69) is 15.6 Å². The molecule has 0 heterocycles. The van der Waals surface area contributed by atoms with Crippen LogP contribution >= 0.6 is 11.6 Å². The number of guanidine groups is 1. The smallest absolute Gasteiger partial charge is 0.337 e. The Kier molecular flexibility index (Phi) is 5.27. The third-order valence-electron chi connectivity index (χ3n) is 4.25. The van der Waals surface area contributed by atoms with Crippen LogP contribution in [-0.4, -0.2) is 23.8 Å². The lowest BCUT2D eigenvalue weighted by Crippen LogP contribution is -2.85. The van der Waals surface area contributed by atoms with E-state index >= 15 is 0 Å². The molecular formula is C18H18ClFN5O2+. The quantitative estimate of drug-likeness (QED) is 0.277. The molecule has 1 aliphatic rings. The van der Waals surface area contributed by atoms with Crippen LogP contribution in [0.15, 0.2) is 42.5 Å². The van der Waals surface area contributed by atoms with Crippen LogP contribution in [0.25, 0.3) is 0 Å². The lowest BCUT2D eigenvalue weighted by atomic mass is 10.1. The monoisotopic (exact) mass is 390 g/mol. The summed E-state index contributed by atoms with van der Waals surface area (Å²) in [5, 5.41) is 4.94. The fourth-order valence-electron chi connectivity index (χ4n) is 3.09. The maximum Gasteiger partial charge on any atom is 0.339 e. The zero-order valence-corrected chi connectivity index (χ0v) is 14.9. The molecule has 27 heavy (non-hydrogen) atoms. The van der Waals surface area contributed by atoms with Crippen molar-refractivity contribution in [2.45, 2.75) is 18.5 Å². The summed E-state index contributed by atoms with van der Waals surface area (Å²) >= 11 is 5.60. The van der Waals surface area contributed by atoms with Gasteiger partial charge < -0.3 is 10.6 Å². The Morgan fingerprint density at radius 1 is 1.15 bits per heavy atom. The van der Waals surface area contributed by atoms with Gasteiger partial charge in [0.25, 0.3) is 0 Å². The van der Waals surface area contributed by atoms with Crippen molar-refractivity contribution in [3.8, 4) is 0 Å². The second-order valence-electron chi connectivity index (χ2n) is 6.14. The molecule has 2 amide bonds. The number of benzene rings is 2. The summed E-state index contributed by atoms with van der Waals surface area (Å²) in [7, 11) is 0. The van der Waals surface area contributed by atoms with E-state index in [4.69, 9.17) is 23.1 Å². The van der Waals surface area contributed by atoms with Gasteiger partial charge in [0, 0.05) is 12.1 Å². The Bertz CT molecular complexity index is 930. The first-order chi connectivity index (χ1) is 12.8. The van der Waals surface area contributed by atoms with Gasteiger partial charge in [-0.1, -0.05) is 35.9 Å². The molecule has 0 aromatic heterocycles. The predicted octanol–water partition coefficient (Wildman–Crippen LogP) is -0.446. The maximum atomic E-state index is 13.5. The summed E-state index contributed by atoms with van der Waals surface area (Å²) in [5.41, 5.74) is 13.1. The van der Waals surface area contributed by atoms with Crippen LogP contribution < -0.4 is 27.1 Å². The third kappa shape index (κ3) is 4.17. The Hall–Kier alpha value is -3.13. The number of amides is 2. The molecule has 0 radical (unpaired) electrons. The molecule has 0 aliphatic heterocycles. The van der Waals surface area contributed by atoms with Gasteiger partial charge in [-0.25, -0.2) is 4.39 Å². The molecule has 2 aromatic carbocycles. The minimum Gasteiger partial charge on any atom is -0.337 e. The van der Waals surface area contributed by atoms with Crippen molar-refractivity contribution in [1.82, 2.24) is 5.32 Å². The molecule has 2 atom stereocenters. The minimum absolute atomic E-state index is 0.0214. The van der Waals surface area contributed by atoms with Gasteiger partial charge in [-0.05, 0) is 29.3 Å². The van der Waals surface area contributed by atoms with Gasteiger partial charge in [0.2, 0.25) is 0 Å². The van der Waals surface area contributed by atoms with Crippen LogP contribution in [0.3, 0.4) is 0 Å². The van der Waals surface area contributed by atoms with Crippen molar-refractivity contribution in [2.75, 3.05) is 5.32 Å². The van der Waals surface area contributed by atoms with Crippen LogP contribution in [-0.2, 0) is 16.0 Å². The lowest BCUT2D eigenvalue weighted by Gasteiger charge is -2.18. The Labute approximate surface area is 159 Å². The number of fused-ring (bicyclic) bond motifs is 1. The van der Waals surface area contributed by atoms with Gasteiger partial charge in [-0.3, -0.25) is 26.0 Å². The molecule has 0 saturated carbocycles. The van der Waals surface area contributed by atoms with E-state index in [0.29, 0.717) is 6.42 Å². The summed E-state index contributed by atoms with van der Waals surface area (Å²) < 4.78 is 13.5. The van der Waals surface area contributed by atoms with Crippen molar-refractivity contribution in [3.63, 3.8) is 0 Å². The molecule has 1 aliphatic carbocycles. The molecule has 9 heteroatoms. The van der Waals surface area contributed by atoms with Gasteiger partial charge in [-0.2, -0.15) is 0 Å². The van der Waals surface area contributed by atoms with Crippen molar-refractivity contribution in [1.29, 1.82) is 0 Å². The Balaban J connectivity index is 1.75. The van der Waals surface area contributed by atoms with Crippen LogP contribution in [0, 0.1) is 5.82 Å². The number of halogens is 2. The van der Waals surface area contributed by atoms with Crippen LogP contribution in [0.2, 0.25) is 5.02 Å². The summed E-state index contributed by atoms with van der Waals surface area (Å²) in [4.78, 5) is 27.4. The SMILES string of the molecule is NC(N)=[NH+][C@@H]1Cc2ccccc2[C@H]1NC(=O)C(=O)Nc1ccc(Cl)c(F)c1. The van der Waals surface area contributed by atoms with Gasteiger partial charge in [0.1, 0.15) is 11.9 Å². The van der Waals surface area contributed by atoms with Crippen molar-refractivity contribution in [2.24, 2.45) is 11.5 Å². The number of nitrogens with one attached hydrogen (secondary N) is 3. The number of hydrogen-bond donors (Lipinski definition) is 5. The second kappa shape index (κ2) is 7.63. The maximum absolute atomic E-state index is 13.5. The highest BCUT2D eigenvalue weighted by Gasteiger charge is 2.35. The van der Waals surface area contributed by atoms with Gasteiger partial charge in [0.05, 0.1) is 11.1 Å². The molecule has 7 nitrogen and oxygen atoms in total. The van der Waals surface area contributed by atoms with E-state index < -0.39 is 23.7 Å². The Morgan fingerprint density at radius 3 is 2.59 bits per heavy atom. The molecule has 3 rings (SSSR count). The van der Waals surface area contributed by atoms with Gasteiger partial charge in [0.15, 0.2) is 0 Å². The standard InChI is InChI=1S/C18H17ClFN5O2/c19-12-6-5-10(8-13(12)20)23-16(26)17(27)25-15-11-4-2-1-3-9(11)7-14(15)24-18(21)22/h1-6,8,14-15H,7H2,(H,23,26)(H,25,27)(H4,21,22,24)/p+1/t14-,15-/m1/s1. The molecule has 0 spiro atoms. The molecule has 2 aromatic rings. The molecule has 0 bridgehead atoms. The van der Waals surface area contributed by atoms with E-state index in [1.165, 1.54) is 12.1 Å². The highest BCUT2D eigenvalue weighted by atomic mass is 35.5. The molecule has 7 N–H and O–H groups in total. The Morgan fingerprint density at radius 2 is 1.89 bits per heavy atom. The molecular weight excluding hydrogens is 373 g/mol. The van der Waals surface area contributed by atoms with Crippen molar-refractivity contribution < 1.29 is 19.0 Å². The predicted molar refractivity (Wildman–Crippen MR) is 99.2 cm³/mol. The normalized spacial score (nSPS) is 17.7. The van der Waals surface area contributed by atoms with Gasteiger partial charge >= 0.3 is 17.8 Å². The third-order valence-corrected chi connectivity index (χ3v) is 4.56. The summed E-state index contributed by atoms with van der Waals surface area (Å²) in [6.45, 7) is 0. The molecule has 0 saturated heterocycles. The van der Waals surface area contributed by atoms with Crippen LogP contribution in [0.5, 0.6) is 0 Å². The summed E-state index contributed by atoms with van der Waals surface area (Å²) in [6.07, 6.45) is 0.586. The fourth-order valence-corrected chi connectivity index (χ4v) is 3.21. The highest BCUT2D eigenvalue weighted by Crippen LogP contribution is 2.29. The number of carbonyl (C=O) groups is 2. The number of anilines is 1. The van der Waals surface area contributed by atoms with E-state index in [1.807, 2.05) is 24.3 Å². The van der Waals surface area contributed by atoms with Crippen molar-refractivity contribution >= 4 is 35.1 Å². The number of carbonyl (C=O) groups excluding carboxylic acids is 2. The average Bonchev–Trinajstić information content (AvgIpc) is 2.94. The first-order valence-corrected chi connectivity index (χ1v) is 8.52. The topological polar surface area (TPSA) is 124 Å². The van der Waals surface area contributed by atoms with E-state index in [1.54, 1.807) is 0 Å². The number of hydrogen-bond acceptors (Lipinski definition) is 2. The van der Waals surface area contributed by atoms with E-state index in [-0.39, 0.29) is 22.7 Å². The van der Waals surface area contributed by atoms with Crippen molar-refractivity contribution in [3.05, 3.63) is 64.4 Å². The summed E-state index contributed by atoms with van der Waals surface area (Å²) in [6, 6.07) is 10.4. The fraction of sp³-hybridized carbons (Fsp3) is 0.167. The van der Waals surface area contributed by atoms with E-state index in [9.17, 15) is 14.0 Å². The molecule has 0 unspecified atom stereocenters. The zero-order valence-electron chi connectivity index (χ0n) is 14.1. The number of rotatable bonds is 3. The average molecular weight is 391 g/mol. The zero-order chi connectivity index (χ0) is 19.6. The highest BCUT2D eigenvalue weighted by molar-refractivity contribution is 6.39.